The Labute approximate surface area is 146 Å². The van der Waals surface area contributed by atoms with Gasteiger partial charge in [-0.15, -0.1) is 0 Å². The molecule has 2 heterocycles. The summed E-state index contributed by atoms with van der Waals surface area (Å²) in [6.45, 7) is 3.84. The number of benzene rings is 1. The molecule has 1 aromatic heterocycles. The summed E-state index contributed by atoms with van der Waals surface area (Å²) in [6.07, 6.45) is 0.416. The lowest BCUT2D eigenvalue weighted by Crippen LogP contribution is -2.21. The molecule has 0 saturated carbocycles. The van der Waals surface area contributed by atoms with E-state index in [2.05, 4.69) is 15.1 Å². The molecule has 0 radical (unpaired) electrons. The van der Waals surface area contributed by atoms with Gasteiger partial charge < -0.3 is 14.9 Å². The molecule has 1 fully saturated rings. The van der Waals surface area contributed by atoms with E-state index in [0.29, 0.717) is 12.3 Å². The van der Waals surface area contributed by atoms with E-state index >= 15 is 0 Å². The maximum absolute atomic E-state index is 10.5. The third-order valence-electron chi connectivity index (χ3n) is 4.40. The molecule has 7 nitrogen and oxygen atoms in total. The van der Waals surface area contributed by atoms with E-state index in [4.69, 9.17) is 9.84 Å². The molecule has 0 unspecified atom stereocenters. The molecule has 1 saturated heterocycles. The van der Waals surface area contributed by atoms with Crippen molar-refractivity contribution in [1.82, 2.24) is 15.1 Å². The number of carboxylic acids is 1. The van der Waals surface area contributed by atoms with Gasteiger partial charge in [0.25, 0.3) is 0 Å². The molecule has 0 bridgehead atoms. The molecule has 0 aliphatic carbocycles. The number of H-pyrrole nitrogens is 1. The first-order valence-corrected chi connectivity index (χ1v) is 8.34. The van der Waals surface area contributed by atoms with Crippen molar-refractivity contribution in [2.24, 2.45) is 5.92 Å². The van der Waals surface area contributed by atoms with Gasteiger partial charge in [-0.2, -0.15) is 5.10 Å². The molecule has 3 N–H and O–H groups in total. The second kappa shape index (κ2) is 7.67. The molecule has 2 aromatic rings. The van der Waals surface area contributed by atoms with E-state index in [-0.39, 0.29) is 18.6 Å². The number of aromatic nitrogens is 2. The van der Waals surface area contributed by atoms with Crippen molar-refractivity contribution in [3.63, 3.8) is 0 Å². The number of aromatic amines is 1. The van der Waals surface area contributed by atoms with Crippen LogP contribution in [0.1, 0.15) is 17.0 Å². The van der Waals surface area contributed by atoms with Crippen LogP contribution in [0.2, 0.25) is 0 Å². The summed E-state index contributed by atoms with van der Waals surface area (Å²) in [5.74, 6) is -0.270. The van der Waals surface area contributed by atoms with Gasteiger partial charge in [-0.1, -0.05) is 12.1 Å². The Kier molecular flexibility index (Phi) is 5.35. The van der Waals surface area contributed by atoms with Crippen LogP contribution < -0.4 is 4.74 Å². The molecule has 3 rings (SSSR count). The summed E-state index contributed by atoms with van der Waals surface area (Å²) in [7, 11) is 0. The SMILES string of the molecule is Cc1cc(C[C@@H]2CN(Cc3ccc(OCC(=O)O)cc3)C[C@H]2O)n[nH]1. The number of carboxylic acid groups (broad SMARTS) is 1. The van der Waals surface area contributed by atoms with Gasteiger partial charge in [0.05, 0.1) is 11.8 Å². The van der Waals surface area contributed by atoms with Crippen LogP contribution in [0.5, 0.6) is 5.75 Å². The number of hydrogen-bond acceptors (Lipinski definition) is 5. The van der Waals surface area contributed by atoms with Crippen LogP contribution in [0.4, 0.5) is 0 Å². The predicted octanol–water partition coefficient (Wildman–Crippen LogP) is 1.22. The molecule has 0 spiro atoms. The Morgan fingerprint density at radius 2 is 2.12 bits per heavy atom. The number of carbonyl (C=O) groups is 1. The molecule has 1 aromatic carbocycles. The first-order chi connectivity index (χ1) is 12.0. The maximum atomic E-state index is 10.5. The quantitative estimate of drug-likeness (QED) is 0.698. The normalized spacial score (nSPS) is 20.7. The third-order valence-corrected chi connectivity index (χ3v) is 4.40. The Morgan fingerprint density at radius 1 is 1.36 bits per heavy atom. The number of aliphatic hydroxyl groups is 1. The smallest absolute Gasteiger partial charge is 0.341 e. The average Bonchev–Trinajstić information content (AvgIpc) is 3.13. The van der Waals surface area contributed by atoms with Crippen molar-refractivity contribution in [3.05, 3.63) is 47.3 Å². The van der Waals surface area contributed by atoms with Crippen molar-refractivity contribution in [1.29, 1.82) is 0 Å². The first-order valence-electron chi connectivity index (χ1n) is 8.34. The Hall–Kier alpha value is -2.38. The highest BCUT2D eigenvalue weighted by molar-refractivity contribution is 5.68. The zero-order valence-electron chi connectivity index (χ0n) is 14.2. The fourth-order valence-corrected chi connectivity index (χ4v) is 3.21. The number of hydrogen-bond donors (Lipinski definition) is 3. The van der Waals surface area contributed by atoms with Gasteiger partial charge in [0.15, 0.2) is 6.61 Å². The van der Waals surface area contributed by atoms with Crippen LogP contribution in [-0.2, 0) is 17.8 Å². The lowest BCUT2D eigenvalue weighted by Gasteiger charge is -2.15. The average molecular weight is 345 g/mol. The van der Waals surface area contributed by atoms with Crippen molar-refractivity contribution >= 4 is 5.97 Å². The Bertz CT molecular complexity index is 713. The van der Waals surface area contributed by atoms with E-state index in [1.165, 1.54) is 0 Å². The number of nitrogens with one attached hydrogen (secondary N) is 1. The molecule has 0 amide bonds. The standard InChI is InChI=1S/C18H23N3O4/c1-12-6-15(20-19-12)7-14-9-21(10-17(14)22)8-13-2-4-16(5-3-13)25-11-18(23)24/h2-6,14,17,22H,7-11H2,1H3,(H,19,20)(H,23,24)/t14-,17-/m1/s1. The van der Waals surface area contributed by atoms with E-state index in [0.717, 1.165) is 36.5 Å². The van der Waals surface area contributed by atoms with Crippen LogP contribution in [0.25, 0.3) is 0 Å². The third kappa shape index (κ3) is 4.80. The fourth-order valence-electron chi connectivity index (χ4n) is 3.21. The van der Waals surface area contributed by atoms with Crippen molar-refractivity contribution < 1.29 is 19.7 Å². The van der Waals surface area contributed by atoms with Crippen molar-refractivity contribution in [2.75, 3.05) is 19.7 Å². The second-order valence-electron chi connectivity index (χ2n) is 6.59. The maximum Gasteiger partial charge on any atom is 0.341 e. The number of ether oxygens (including phenoxy) is 1. The zero-order chi connectivity index (χ0) is 17.8. The molecule has 2 atom stereocenters. The second-order valence-corrected chi connectivity index (χ2v) is 6.59. The van der Waals surface area contributed by atoms with E-state index in [1.54, 1.807) is 12.1 Å². The molecule has 134 valence electrons. The number of aliphatic hydroxyl groups excluding tert-OH is 1. The number of aryl methyl sites for hydroxylation is 1. The van der Waals surface area contributed by atoms with Gasteiger partial charge in [0.2, 0.25) is 0 Å². The number of nitrogens with zero attached hydrogens (tertiary/aromatic N) is 2. The number of rotatable bonds is 7. The molecule has 7 heteroatoms. The molecular formula is C18H23N3O4. The van der Waals surface area contributed by atoms with E-state index in [1.807, 2.05) is 25.1 Å². The number of β-amino-alcohol motifs (C(OH)–C–C–N with tert-alkyl or cyclic N) is 1. The number of aliphatic carboxylic acids is 1. The van der Waals surface area contributed by atoms with E-state index < -0.39 is 5.97 Å². The van der Waals surface area contributed by atoms with Gasteiger partial charge >= 0.3 is 5.97 Å². The van der Waals surface area contributed by atoms with Crippen LogP contribution in [-0.4, -0.2) is 57.1 Å². The lowest BCUT2D eigenvalue weighted by molar-refractivity contribution is -0.139. The zero-order valence-corrected chi connectivity index (χ0v) is 14.2. The Morgan fingerprint density at radius 3 is 2.76 bits per heavy atom. The van der Waals surface area contributed by atoms with Gasteiger partial charge in [-0.25, -0.2) is 4.79 Å². The van der Waals surface area contributed by atoms with Gasteiger partial charge in [-0.05, 0) is 37.1 Å². The van der Waals surface area contributed by atoms with Crippen molar-refractivity contribution in [2.45, 2.75) is 26.0 Å². The lowest BCUT2D eigenvalue weighted by atomic mass is 10.0. The van der Waals surface area contributed by atoms with Gasteiger partial charge in [0, 0.05) is 31.2 Å². The van der Waals surface area contributed by atoms with Gasteiger partial charge in [0.1, 0.15) is 5.75 Å². The Balaban J connectivity index is 1.52. The number of likely N-dealkylation sites (tertiary alicyclic amines) is 1. The van der Waals surface area contributed by atoms with Crippen molar-refractivity contribution in [3.8, 4) is 5.75 Å². The highest BCUT2D eigenvalue weighted by atomic mass is 16.5. The topological polar surface area (TPSA) is 98.7 Å². The van der Waals surface area contributed by atoms with Crippen LogP contribution in [0.15, 0.2) is 30.3 Å². The monoisotopic (exact) mass is 345 g/mol. The minimum Gasteiger partial charge on any atom is -0.482 e. The van der Waals surface area contributed by atoms with Gasteiger partial charge in [-0.3, -0.25) is 10.00 Å². The summed E-state index contributed by atoms with van der Waals surface area (Å²) in [6, 6.07) is 9.41. The summed E-state index contributed by atoms with van der Waals surface area (Å²) in [5, 5.41) is 26.1. The highest BCUT2D eigenvalue weighted by Crippen LogP contribution is 2.23. The van der Waals surface area contributed by atoms with Crippen LogP contribution in [0.3, 0.4) is 0 Å². The van der Waals surface area contributed by atoms with E-state index in [9.17, 15) is 9.90 Å². The molecule has 25 heavy (non-hydrogen) atoms. The summed E-state index contributed by atoms with van der Waals surface area (Å²) < 4.78 is 5.13. The molecule has 1 aliphatic heterocycles. The fraction of sp³-hybridized carbons (Fsp3) is 0.444. The minimum absolute atomic E-state index is 0.181. The first kappa shape index (κ1) is 17.4. The molecular weight excluding hydrogens is 322 g/mol. The minimum atomic E-state index is -0.992. The van der Waals surface area contributed by atoms with Crippen LogP contribution >= 0.6 is 0 Å². The predicted molar refractivity (Wildman–Crippen MR) is 91.4 cm³/mol. The summed E-state index contributed by atoms with van der Waals surface area (Å²) >= 11 is 0. The van der Waals surface area contributed by atoms with Crippen LogP contribution in [0, 0.1) is 12.8 Å². The largest absolute Gasteiger partial charge is 0.482 e. The highest BCUT2D eigenvalue weighted by Gasteiger charge is 2.31. The molecule has 1 aliphatic rings. The summed E-state index contributed by atoms with van der Waals surface area (Å²) in [4.78, 5) is 12.7. The summed E-state index contributed by atoms with van der Waals surface area (Å²) in [5.41, 5.74) is 3.12.